The highest BCUT2D eigenvalue weighted by molar-refractivity contribution is 5.44. The number of benzene rings is 2. The van der Waals surface area contributed by atoms with E-state index in [0.717, 1.165) is 31.1 Å². The quantitative estimate of drug-likeness (QED) is 0.593. The molecule has 5 nitrogen and oxygen atoms in total. The van der Waals surface area contributed by atoms with Gasteiger partial charge < -0.3 is 15.0 Å². The summed E-state index contributed by atoms with van der Waals surface area (Å²) in [5.74, 6) is 2.46. The molecular formula is C23H28N4O. The smallest absolute Gasteiger partial charge is 0.224 e. The van der Waals surface area contributed by atoms with Crippen LogP contribution in [0.2, 0.25) is 0 Å². The molecule has 3 aromatic rings. The van der Waals surface area contributed by atoms with Crippen LogP contribution in [0.1, 0.15) is 25.0 Å². The molecule has 2 aromatic carbocycles. The molecule has 0 unspecified atom stereocenters. The molecule has 0 saturated carbocycles. The van der Waals surface area contributed by atoms with Gasteiger partial charge in [-0.05, 0) is 49.6 Å². The lowest BCUT2D eigenvalue weighted by Gasteiger charge is -2.28. The molecule has 0 aliphatic carbocycles. The number of nitrogens with one attached hydrogen (secondary N) is 1. The molecule has 0 aliphatic rings. The van der Waals surface area contributed by atoms with Gasteiger partial charge in [0.15, 0.2) is 0 Å². The lowest BCUT2D eigenvalue weighted by atomic mass is 10.1. The Morgan fingerprint density at radius 1 is 0.964 bits per heavy atom. The Bertz CT molecular complexity index is 850. The molecule has 0 atom stereocenters. The number of aromatic nitrogens is 2. The van der Waals surface area contributed by atoms with Crippen molar-refractivity contribution in [2.45, 2.75) is 32.9 Å². The molecule has 0 amide bonds. The Hall–Kier alpha value is -3.08. The first-order valence-electron chi connectivity index (χ1n) is 9.66. The lowest BCUT2D eigenvalue weighted by Crippen LogP contribution is -2.31. The Balaban J connectivity index is 1.62. The second-order valence-corrected chi connectivity index (χ2v) is 6.97. The maximum Gasteiger partial charge on any atom is 0.224 e. The van der Waals surface area contributed by atoms with Gasteiger partial charge in [0.25, 0.3) is 0 Å². The van der Waals surface area contributed by atoms with E-state index in [-0.39, 0.29) is 0 Å². The number of methoxy groups -OCH3 is 1. The van der Waals surface area contributed by atoms with Crippen molar-refractivity contribution < 1.29 is 4.74 Å². The van der Waals surface area contributed by atoms with Crippen LogP contribution in [-0.2, 0) is 13.0 Å². The monoisotopic (exact) mass is 376 g/mol. The van der Waals surface area contributed by atoms with Gasteiger partial charge in [-0.1, -0.05) is 42.5 Å². The number of hydrogen-bond donors (Lipinski definition) is 1. The summed E-state index contributed by atoms with van der Waals surface area (Å²) in [6.07, 6.45) is 2.72. The molecule has 1 N–H and O–H groups in total. The SMILES string of the molecule is COc1ccc(CCNc2nccc(N(Cc3ccccc3)C(C)C)n2)cc1. The second kappa shape index (κ2) is 9.74. The number of rotatable bonds is 9. The zero-order valence-corrected chi connectivity index (χ0v) is 16.8. The number of ether oxygens (including phenoxy) is 1. The van der Waals surface area contributed by atoms with Gasteiger partial charge in [0.2, 0.25) is 5.95 Å². The van der Waals surface area contributed by atoms with Crippen LogP contribution in [0.15, 0.2) is 66.9 Å². The van der Waals surface area contributed by atoms with E-state index < -0.39 is 0 Å². The van der Waals surface area contributed by atoms with Gasteiger partial charge >= 0.3 is 0 Å². The average molecular weight is 377 g/mol. The van der Waals surface area contributed by atoms with Crippen LogP contribution in [0.25, 0.3) is 0 Å². The van der Waals surface area contributed by atoms with Gasteiger partial charge in [0, 0.05) is 25.3 Å². The topological polar surface area (TPSA) is 50.3 Å². The molecule has 1 aromatic heterocycles. The minimum atomic E-state index is 0.335. The first-order chi connectivity index (χ1) is 13.7. The molecular weight excluding hydrogens is 348 g/mol. The summed E-state index contributed by atoms with van der Waals surface area (Å²) in [6, 6.07) is 20.9. The summed E-state index contributed by atoms with van der Waals surface area (Å²) in [6.45, 7) is 5.96. The largest absolute Gasteiger partial charge is 0.497 e. The highest BCUT2D eigenvalue weighted by Gasteiger charge is 2.13. The van der Waals surface area contributed by atoms with E-state index in [1.807, 2.05) is 30.5 Å². The molecule has 28 heavy (non-hydrogen) atoms. The van der Waals surface area contributed by atoms with Crippen molar-refractivity contribution in [2.75, 3.05) is 23.9 Å². The predicted octanol–water partition coefficient (Wildman–Crippen LogP) is 4.55. The highest BCUT2D eigenvalue weighted by atomic mass is 16.5. The molecule has 3 rings (SSSR count). The third-order valence-corrected chi connectivity index (χ3v) is 4.61. The summed E-state index contributed by atoms with van der Waals surface area (Å²) < 4.78 is 5.20. The Morgan fingerprint density at radius 3 is 2.39 bits per heavy atom. The highest BCUT2D eigenvalue weighted by Crippen LogP contribution is 2.19. The Kier molecular flexibility index (Phi) is 6.84. The van der Waals surface area contributed by atoms with Crippen LogP contribution in [0.4, 0.5) is 11.8 Å². The molecule has 0 saturated heterocycles. The van der Waals surface area contributed by atoms with Gasteiger partial charge in [0.05, 0.1) is 7.11 Å². The zero-order valence-electron chi connectivity index (χ0n) is 16.8. The summed E-state index contributed by atoms with van der Waals surface area (Å²) in [7, 11) is 1.68. The lowest BCUT2D eigenvalue weighted by molar-refractivity contribution is 0.414. The molecule has 0 aliphatic heterocycles. The van der Waals surface area contributed by atoms with Gasteiger partial charge in [0.1, 0.15) is 11.6 Å². The van der Waals surface area contributed by atoms with Crippen molar-refractivity contribution in [3.8, 4) is 5.75 Å². The fourth-order valence-electron chi connectivity index (χ4n) is 3.01. The third kappa shape index (κ3) is 5.46. The van der Waals surface area contributed by atoms with E-state index in [2.05, 4.69) is 65.4 Å². The number of hydrogen-bond acceptors (Lipinski definition) is 5. The zero-order chi connectivity index (χ0) is 19.8. The van der Waals surface area contributed by atoms with E-state index in [9.17, 15) is 0 Å². The van der Waals surface area contributed by atoms with Crippen molar-refractivity contribution in [3.05, 3.63) is 78.0 Å². The minimum Gasteiger partial charge on any atom is -0.497 e. The third-order valence-electron chi connectivity index (χ3n) is 4.61. The minimum absolute atomic E-state index is 0.335. The van der Waals surface area contributed by atoms with E-state index >= 15 is 0 Å². The summed E-state index contributed by atoms with van der Waals surface area (Å²) in [5, 5.41) is 3.34. The van der Waals surface area contributed by atoms with Gasteiger partial charge in [-0.3, -0.25) is 0 Å². The molecule has 0 fully saturated rings. The first kappa shape index (κ1) is 19.7. The first-order valence-corrected chi connectivity index (χ1v) is 9.66. The van der Waals surface area contributed by atoms with Crippen molar-refractivity contribution in [2.24, 2.45) is 0 Å². The Labute approximate surface area is 167 Å². The molecule has 1 heterocycles. The maximum absolute atomic E-state index is 5.20. The van der Waals surface area contributed by atoms with Crippen molar-refractivity contribution >= 4 is 11.8 Å². The van der Waals surface area contributed by atoms with E-state index in [1.165, 1.54) is 11.1 Å². The van der Waals surface area contributed by atoms with Gasteiger partial charge in [-0.2, -0.15) is 4.98 Å². The summed E-state index contributed by atoms with van der Waals surface area (Å²) in [5.41, 5.74) is 2.51. The molecule has 5 heteroatoms. The van der Waals surface area contributed by atoms with Crippen LogP contribution in [0, 0.1) is 0 Å². The van der Waals surface area contributed by atoms with Crippen molar-refractivity contribution in [1.82, 2.24) is 9.97 Å². The maximum atomic E-state index is 5.20. The Morgan fingerprint density at radius 2 is 1.71 bits per heavy atom. The number of anilines is 2. The van der Waals surface area contributed by atoms with Crippen molar-refractivity contribution in [3.63, 3.8) is 0 Å². The van der Waals surface area contributed by atoms with Gasteiger partial charge in [-0.15, -0.1) is 0 Å². The van der Waals surface area contributed by atoms with E-state index in [4.69, 9.17) is 9.72 Å². The molecule has 0 radical (unpaired) electrons. The normalized spacial score (nSPS) is 10.7. The fraction of sp³-hybridized carbons (Fsp3) is 0.304. The number of nitrogens with zero attached hydrogens (tertiary/aromatic N) is 3. The van der Waals surface area contributed by atoms with Crippen LogP contribution >= 0.6 is 0 Å². The predicted molar refractivity (Wildman–Crippen MR) is 115 cm³/mol. The average Bonchev–Trinajstić information content (AvgIpc) is 2.73. The van der Waals surface area contributed by atoms with Crippen LogP contribution in [0.3, 0.4) is 0 Å². The van der Waals surface area contributed by atoms with E-state index in [1.54, 1.807) is 7.11 Å². The van der Waals surface area contributed by atoms with E-state index in [0.29, 0.717) is 12.0 Å². The van der Waals surface area contributed by atoms with Crippen molar-refractivity contribution in [1.29, 1.82) is 0 Å². The fourth-order valence-corrected chi connectivity index (χ4v) is 3.01. The van der Waals surface area contributed by atoms with Gasteiger partial charge in [-0.25, -0.2) is 4.98 Å². The second-order valence-electron chi connectivity index (χ2n) is 6.97. The molecule has 0 bridgehead atoms. The standard InChI is InChI=1S/C23H28N4O/c1-18(2)27(17-20-7-5-4-6-8-20)22-14-16-25-23(26-22)24-15-13-19-9-11-21(28-3)12-10-19/h4-12,14,16,18H,13,15,17H2,1-3H3,(H,24,25,26). The van der Waals surface area contributed by atoms with Crippen LogP contribution in [-0.4, -0.2) is 29.7 Å². The van der Waals surface area contributed by atoms with Crippen LogP contribution < -0.4 is 15.0 Å². The molecule has 146 valence electrons. The summed E-state index contributed by atoms with van der Waals surface area (Å²) >= 11 is 0. The van der Waals surface area contributed by atoms with Crippen LogP contribution in [0.5, 0.6) is 5.75 Å². The summed E-state index contributed by atoms with van der Waals surface area (Å²) in [4.78, 5) is 11.4. The molecule has 0 spiro atoms.